The molecule has 1 heterocycles. The van der Waals surface area contributed by atoms with E-state index in [9.17, 15) is 0 Å². The zero-order valence-electron chi connectivity index (χ0n) is 9.65. The summed E-state index contributed by atoms with van der Waals surface area (Å²) in [5, 5.41) is 10.4. The number of rotatable bonds is 5. The van der Waals surface area contributed by atoms with Gasteiger partial charge in [0.1, 0.15) is 0 Å². The highest BCUT2D eigenvalue weighted by Gasteiger charge is 2.14. The number of aryl methyl sites for hydroxylation is 1. The number of nitrogens with zero attached hydrogens (tertiary/aromatic N) is 1. The summed E-state index contributed by atoms with van der Waals surface area (Å²) < 4.78 is 0. The minimum absolute atomic E-state index is 0.387. The monoisotopic (exact) mass is 195 g/mol. The fraction of sp³-hybridized carbons (Fsp3) is 0.727. The fourth-order valence-electron chi connectivity index (χ4n) is 1.21. The first-order valence-electron chi connectivity index (χ1n) is 5.25. The molecule has 0 aromatic carbocycles. The zero-order valence-corrected chi connectivity index (χ0v) is 9.65. The molecule has 0 fully saturated rings. The van der Waals surface area contributed by atoms with Crippen molar-refractivity contribution in [2.24, 2.45) is 5.41 Å². The SMILES string of the molecule is CCC(C)(C)CNCc1cn[nH]c1C. The lowest BCUT2D eigenvalue weighted by atomic mass is 9.90. The molecule has 0 atom stereocenters. The molecule has 0 aliphatic heterocycles. The average molecular weight is 195 g/mol. The summed E-state index contributed by atoms with van der Waals surface area (Å²) in [6.07, 6.45) is 3.09. The van der Waals surface area contributed by atoms with Gasteiger partial charge in [-0.1, -0.05) is 20.8 Å². The van der Waals surface area contributed by atoms with Gasteiger partial charge in [0.25, 0.3) is 0 Å². The van der Waals surface area contributed by atoms with Crippen LogP contribution in [0.5, 0.6) is 0 Å². The van der Waals surface area contributed by atoms with E-state index in [4.69, 9.17) is 0 Å². The molecule has 0 bridgehead atoms. The largest absolute Gasteiger partial charge is 0.312 e. The second kappa shape index (κ2) is 4.60. The number of aromatic nitrogens is 2. The predicted octanol–water partition coefficient (Wildman–Crippen LogP) is 2.24. The number of hydrogen-bond donors (Lipinski definition) is 2. The van der Waals surface area contributed by atoms with Gasteiger partial charge in [-0.15, -0.1) is 0 Å². The minimum atomic E-state index is 0.387. The first kappa shape index (κ1) is 11.2. The maximum absolute atomic E-state index is 3.99. The molecule has 0 saturated heterocycles. The van der Waals surface area contributed by atoms with Crippen molar-refractivity contribution in [2.75, 3.05) is 6.54 Å². The summed E-state index contributed by atoms with van der Waals surface area (Å²) in [5.74, 6) is 0. The van der Waals surface area contributed by atoms with E-state index < -0.39 is 0 Å². The zero-order chi connectivity index (χ0) is 10.6. The van der Waals surface area contributed by atoms with Crippen LogP contribution in [0.2, 0.25) is 0 Å². The van der Waals surface area contributed by atoms with Crippen LogP contribution in [0.15, 0.2) is 6.20 Å². The Bertz CT molecular complexity index is 276. The molecule has 3 nitrogen and oxygen atoms in total. The molecule has 0 aliphatic carbocycles. The Morgan fingerprint density at radius 2 is 2.21 bits per heavy atom. The van der Waals surface area contributed by atoms with Gasteiger partial charge in [0.15, 0.2) is 0 Å². The first-order chi connectivity index (χ1) is 6.55. The van der Waals surface area contributed by atoms with E-state index in [2.05, 4.69) is 43.2 Å². The van der Waals surface area contributed by atoms with Crippen LogP contribution in [0.25, 0.3) is 0 Å². The van der Waals surface area contributed by atoms with Crippen molar-refractivity contribution in [3.05, 3.63) is 17.5 Å². The highest BCUT2D eigenvalue weighted by molar-refractivity contribution is 5.13. The summed E-state index contributed by atoms with van der Waals surface area (Å²) in [6, 6.07) is 0. The van der Waals surface area contributed by atoms with Gasteiger partial charge in [0.2, 0.25) is 0 Å². The molecule has 80 valence electrons. The highest BCUT2D eigenvalue weighted by Crippen LogP contribution is 2.17. The van der Waals surface area contributed by atoms with Crippen molar-refractivity contribution in [3.63, 3.8) is 0 Å². The van der Waals surface area contributed by atoms with Crippen molar-refractivity contribution < 1.29 is 0 Å². The Morgan fingerprint density at radius 1 is 1.50 bits per heavy atom. The normalized spacial score (nSPS) is 12.0. The van der Waals surface area contributed by atoms with Crippen molar-refractivity contribution in [3.8, 4) is 0 Å². The predicted molar refractivity (Wildman–Crippen MR) is 59.1 cm³/mol. The molecule has 2 N–H and O–H groups in total. The number of nitrogens with one attached hydrogen (secondary N) is 2. The van der Waals surface area contributed by atoms with E-state index in [0.29, 0.717) is 5.41 Å². The van der Waals surface area contributed by atoms with Crippen LogP contribution < -0.4 is 5.32 Å². The second-order valence-corrected chi connectivity index (χ2v) is 4.64. The van der Waals surface area contributed by atoms with Crippen LogP contribution in [0.1, 0.15) is 38.4 Å². The summed E-state index contributed by atoms with van der Waals surface area (Å²) in [5.41, 5.74) is 2.81. The van der Waals surface area contributed by atoms with Gasteiger partial charge in [0.05, 0.1) is 6.20 Å². The van der Waals surface area contributed by atoms with Gasteiger partial charge in [-0.25, -0.2) is 0 Å². The van der Waals surface area contributed by atoms with Crippen molar-refractivity contribution in [1.82, 2.24) is 15.5 Å². The molecule has 1 aromatic rings. The van der Waals surface area contributed by atoms with E-state index in [0.717, 1.165) is 18.8 Å². The third-order valence-corrected chi connectivity index (χ3v) is 2.81. The number of aromatic amines is 1. The topological polar surface area (TPSA) is 40.7 Å². The van der Waals surface area contributed by atoms with Gasteiger partial charge in [-0.3, -0.25) is 5.10 Å². The number of hydrogen-bond acceptors (Lipinski definition) is 2. The lowest BCUT2D eigenvalue weighted by Crippen LogP contribution is -2.28. The van der Waals surface area contributed by atoms with Crippen LogP contribution in [-0.4, -0.2) is 16.7 Å². The van der Waals surface area contributed by atoms with E-state index in [-0.39, 0.29) is 0 Å². The summed E-state index contributed by atoms with van der Waals surface area (Å²) >= 11 is 0. The quantitative estimate of drug-likeness (QED) is 0.756. The summed E-state index contributed by atoms with van der Waals surface area (Å²) in [6.45, 7) is 10.8. The fourth-order valence-corrected chi connectivity index (χ4v) is 1.21. The third kappa shape index (κ3) is 3.14. The highest BCUT2D eigenvalue weighted by atomic mass is 15.1. The third-order valence-electron chi connectivity index (χ3n) is 2.81. The molecule has 0 radical (unpaired) electrons. The molecular weight excluding hydrogens is 174 g/mol. The molecular formula is C11H21N3. The van der Waals surface area contributed by atoms with Crippen molar-refractivity contribution in [2.45, 2.75) is 40.7 Å². The lowest BCUT2D eigenvalue weighted by Gasteiger charge is -2.22. The summed E-state index contributed by atoms with van der Waals surface area (Å²) in [4.78, 5) is 0. The van der Waals surface area contributed by atoms with Crippen molar-refractivity contribution in [1.29, 1.82) is 0 Å². The standard InChI is InChI=1S/C11H21N3/c1-5-11(3,4)8-12-6-10-7-13-14-9(10)2/h7,12H,5-6,8H2,1-4H3,(H,13,14). The Hall–Kier alpha value is -0.830. The molecule has 1 rings (SSSR count). The molecule has 0 amide bonds. The number of H-pyrrole nitrogens is 1. The minimum Gasteiger partial charge on any atom is -0.312 e. The average Bonchev–Trinajstić information content (AvgIpc) is 2.52. The Balaban J connectivity index is 2.32. The Labute approximate surface area is 86.3 Å². The molecule has 0 aliphatic rings. The van der Waals surface area contributed by atoms with Gasteiger partial charge < -0.3 is 5.32 Å². The Morgan fingerprint density at radius 3 is 2.71 bits per heavy atom. The second-order valence-electron chi connectivity index (χ2n) is 4.64. The molecule has 14 heavy (non-hydrogen) atoms. The van der Waals surface area contributed by atoms with Crippen LogP contribution in [0.4, 0.5) is 0 Å². The molecule has 1 aromatic heterocycles. The first-order valence-corrected chi connectivity index (χ1v) is 5.25. The van der Waals surface area contributed by atoms with Crippen molar-refractivity contribution >= 4 is 0 Å². The van der Waals surface area contributed by atoms with Gasteiger partial charge in [-0.05, 0) is 18.8 Å². The molecule has 0 spiro atoms. The maximum atomic E-state index is 3.99. The van der Waals surface area contributed by atoms with Gasteiger partial charge in [0, 0.05) is 24.3 Å². The van der Waals surface area contributed by atoms with Crippen LogP contribution in [0.3, 0.4) is 0 Å². The van der Waals surface area contributed by atoms with Crippen LogP contribution >= 0.6 is 0 Å². The van der Waals surface area contributed by atoms with E-state index in [1.807, 2.05) is 6.20 Å². The van der Waals surface area contributed by atoms with Crippen LogP contribution in [0, 0.1) is 12.3 Å². The molecule has 3 heteroatoms. The van der Waals surface area contributed by atoms with Gasteiger partial charge in [-0.2, -0.15) is 5.10 Å². The van der Waals surface area contributed by atoms with E-state index in [1.54, 1.807) is 0 Å². The Kier molecular flexibility index (Phi) is 3.69. The van der Waals surface area contributed by atoms with Crippen LogP contribution in [-0.2, 0) is 6.54 Å². The van der Waals surface area contributed by atoms with Gasteiger partial charge >= 0.3 is 0 Å². The summed E-state index contributed by atoms with van der Waals surface area (Å²) in [7, 11) is 0. The molecule has 0 unspecified atom stereocenters. The van der Waals surface area contributed by atoms with E-state index >= 15 is 0 Å². The lowest BCUT2D eigenvalue weighted by molar-refractivity contribution is 0.327. The van der Waals surface area contributed by atoms with E-state index in [1.165, 1.54) is 12.0 Å². The molecule has 0 saturated carbocycles. The smallest absolute Gasteiger partial charge is 0.0535 e. The maximum Gasteiger partial charge on any atom is 0.0535 e.